The van der Waals surface area contributed by atoms with Gasteiger partial charge in [0.05, 0.1) is 25.0 Å². The summed E-state index contributed by atoms with van der Waals surface area (Å²) in [7, 11) is -0.606. The lowest BCUT2D eigenvalue weighted by Gasteiger charge is -2.32. The van der Waals surface area contributed by atoms with E-state index in [0.29, 0.717) is 24.6 Å². The Bertz CT molecular complexity index is 1360. The van der Waals surface area contributed by atoms with Gasteiger partial charge >= 0.3 is 0 Å². The van der Waals surface area contributed by atoms with Gasteiger partial charge in [-0.3, -0.25) is 4.79 Å². The summed E-state index contributed by atoms with van der Waals surface area (Å²) in [5, 5.41) is 0. The standard InChI is InChI=1S/C28H30N2O5S/c1-34-22-12-13-27(35-2)24(16-22)25-18-30(36(32,33)23-10-4-3-5-11-23)19-26(25)28(31)29-15-14-20-8-6-7-9-21(20)17-29/h3-13,16,25-26H,14-15,17-19H2,1-2H3. The molecule has 8 heteroatoms. The first-order valence-corrected chi connectivity index (χ1v) is 13.5. The van der Waals surface area contributed by atoms with Crippen LogP contribution in [0.3, 0.4) is 0 Å². The SMILES string of the molecule is COc1ccc(OC)c(C2CN(S(=O)(=O)c3ccccc3)CC2C(=O)N2CCc3ccccc3C2)c1. The molecule has 36 heavy (non-hydrogen) atoms. The Labute approximate surface area is 212 Å². The number of ether oxygens (including phenoxy) is 2. The van der Waals surface area contributed by atoms with E-state index in [-0.39, 0.29) is 29.8 Å². The highest BCUT2D eigenvalue weighted by atomic mass is 32.2. The van der Waals surface area contributed by atoms with Crippen molar-refractivity contribution >= 4 is 15.9 Å². The molecule has 0 N–H and O–H groups in total. The monoisotopic (exact) mass is 506 g/mol. The number of rotatable bonds is 6. The zero-order chi connectivity index (χ0) is 25.3. The van der Waals surface area contributed by atoms with E-state index in [0.717, 1.165) is 17.5 Å². The smallest absolute Gasteiger partial charge is 0.243 e. The second-order valence-corrected chi connectivity index (χ2v) is 11.2. The topological polar surface area (TPSA) is 76.1 Å². The molecule has 2 atom stereocenters. The van der Waals surface area contributed by atoms with Crippen molar-refractivity contribution < 1.29 is 22.7 Å². The molecule has 2 unspecified atom stereocenters. The van der Waals surface area contributed by atoms with Gasteiger partial charge in [0.25, 0.3) is 0 Å². The molecule has 1 amide bonds. The van der Waals surface area contributed by atoms with Crippen molar-refractivity contribution in [3.05, 3.63) is 89.5 Å². The molecule has 3 aromatic rings. The molecule has 0 spiro atoms. The zero-order valence-electron chi connectivity index (χ0n) is 20.5. The third-order valence-corrected chi connectivity index (χ3v) is 9.11. The highest BCUT2D eigenvalue weighted by Crippen LogP contribution is 2.42. The molecule has 7 nitrogen and oxygen atoms in total. The Morgan fingerprint density at radius 2 is 1.61 bits per heavy atom. The summed E-state index contributed by atoms with van der Waals surface area (Å²) >= 11 is 0. The number of hydrogen-bond donors (Lipinski definition) is 0. The number of carbonyl (C=O) groups excluding carboxylic acids is 1. The summed E-state index contributed by atoms with van der Waals surface area (Å²) in [6.45, 7) is 1.43. The molecule has 0 aromatic heterocycles. The van der Waals surface area contributed by atoms with Crippen molar-refractivity contribution in [3.63, 3.8) is 0 Å². The van der Waals surface area contributed by atoms with Gasteiger partial charge in [-0.25, -0.2) is 8.42 Å². The number of fused-ring (bicyclic) bond motifs is 1. The summed E-state index contributed by atoms with van der Waals surface area (Å²) in [5.74, 6) is 0.285. The number of carbonyl (C=O) groups is 1. The highest BCUT2D eigenvalue weighted by Gasteiger charge is 2.46. The van der Waals surface area contributed by atoms with Gasteiger partial charge < -0.3 is 14.4 Å². The van der Waals surface area contributed by atoms with E-state index < -0.39 is 15.9 Å². The first-order chi connectivity index (χ1) is 17.4. The maximum absolute atomic E-state index is 14.0. The predicted octanol–water partition coefficient (Wildman–Crippen LogP) is 3.69. The molecule has 0 radical (unpaired) electrons. The average Bonchev–Trinajstić information content (AvgIpc) is 3.38. The summed E-state index contributed by atoms with van der Waals surface area (Å²) in [4.78, 5) is 16.1. The molecule has 5 rings (SSSR count). The molecule has 188 valence electrons. The van der Waals surface area contributed by atoms with Crippen molar-refractivity contribution in [1.29, 1.82) is 0 Å². The van der Waals surface area contributed by atoms with Gasteiger partial charge in [-0.1, -0.05) is 42.5 Å². The number of methoxy groups -OCH3 is 2. The molecule has 3 aromatic carbocycles. The number of amides is 1. The fraction of sp³-hybridized carbons (Fsp3) is 0.321. The first kappa shape index (κ1) is 24.3. The van der Waals surface area contributed by atoms with Gasteiger partial charge in [0.15, 0.2) is 0 Å². The fourth-order valence-corrected chi connectivity index (χ4v) is 6.83. The van der Waals surface area contributed by atoms with Crippen molar-refractivity contribution in [3.8, 4) is 11.5 Å². The summed E-state index contributed by atoms with van der Waals surface area (Å²) < 4.78 is 39.6. The minimum Gasteiger partial charge on any atom is -0.497 e. The van der Waals surface area contributed by atoms with E-state index in [1.54, 1.807) is 56.7 Å². The van der Waals surface area contributed by atoms with Crippen LogP contribution in [0, 0.1) is 5.92 Å². The third-order valence-electron chi connectivity index (χ3n) is 7.26. The molecule has 1 saturated heterocycles. The lowest BCUT2D eigenvalue weighted by molar-refractivity contribution is -0.136. The number of benzene rings is 3. The van der Waals surface area contributed by atoms with Crippen LogP contribution in [0.15, 0.2) is 77.7 Å². The van der Waals surface area contributed by atoms with Crippen molar-refractivity contribution in [2.24, 2.45) is 5.92 Å². The third kappa shape index (κ3) is 4.47. The minimum absolute atomic E-state index is 0.0369. The van der Waals surface area contributed by atoms with Crippen molar-refractivity contribution in [2.75, 3.05) is 33.9 Å². The Balaban J connectivity index is 1.52. The largest absolute Gasteiger partial charge is 0.497 e. The van der Waals surface area contributed by atoms with Crippen LogP contribution < -0.4 is 9.47 Å². The molecule has 2 aliphatic rings. The number of nitrogens with zero attached hydrogens (tertiary/aromatic N) is 2. The van der Waals surface area contributed by atoms with Crippen LogP contribution in [0.25, 0.3) is 0 Å². The lowest BCUT2D eigenvalue weighted by atomic mass is 9.86. The molecule has 0 aliphatic carbocycles. The summed E-state index contributed by atoms with van der Waals surface area (Å²) in [6.07, 6.45) is 0.786. The summed E-state index contributed by atoms with van der Waals surface area (Å²) in [5.41, 5.74) is 3.17. The van der Waals surface area contributed by atoms with E-state index in [1.807, 2.05) is 23.1 Å². The van der Waals surface area contributed by atoms with Crippen LogP contribution in [0.5, 0.6) is 11.5 Å². The summed E-state index contributed by atoms with van der Waals surface area (Å²) in [6, 6.07) is 22.0. The van der Waals surface area contributed by atoms with E-state index in [1.165, 1.54) is 9.87 Å². The van der Waals surface area contributed by atoms with E-state index in [2.05, 4.69) is 12.1 Å². The van der Waals surface area contributed by atoms with Crippen molar-refractivity contribution in [1.82, 2.24) is 9.21 Å². The minimum atomic E-state index is -3.77. The second-order valence-electron chi connectivity index (χ2n) is 9.23. The van der Waals surface area contributed by atoms with E-state index in [9.17, 15) is 13.2 Å². The number of sulfonamides is 1. The van der Waals surface area contributed by atoms with Crippen LogP contribution >= 0.6 is 0 Å². The normalized spacial score (nSPS) is 20.1. The van der Waals surface area contributed by atoms with Gasteiger partial charge in [0.1, 0.15) is 11.5 Å². The van der Waals surface area contributed by atoms with Crippen LogP contribution in [-0.2, 0) is 27.8 Å². The molecule has 2 aliphatic heterocycles. The Morgan fingerprint density at radius 3 is 2.33 bits per heavy atom. The average molecular weight is 507 g/mol. The van der Waals surface area contributed by atoms with Crippen LogP contribution in [0.2, 0.25) is 0 Å². The van der Waals surface area contributed by atoms with E-state index >= 15 is 0 Å². The van der Waals surface area contributed by atoms with Gasteiger partial charge in [-0.2, -0.15) is 4.31 Å². The molecule has 0 saturated carbocycles. The predicted molar refractivity (Wildman–Crippen MR) is 137 cm³/mol. The van der Waals surface area contributed by atoms with E-state index in [4.69, 9.17) is 9.47 Å². The van der Waals surface area contributed by atoms with Crippen LogP contribution in [0.4, 0.5) is 0 Å². The molecular formula is C28H30N2O5S. The Morgan fingerprint density at radius 1 is 0.889 bits per heavy atom. The van der Waals surface area contributed by atoms with Crippen LogP contribution in [-0.4, -0.2) is 57.4 Å². The Kier molecular flexibility index (Phi) is 6.73. The molecule has 0 bridgehead atoms. The zero-order valence-corrected chi connectivity index (χ0v) is 21.3. The molecule has 1 fully saturated rings. The maximum atomic E-state index is 14.0. The van der Waals surface area contributed by atoms with Gasteiger partial charge in [-0.15, -0.1) is 0 Å². The van der Waals surface area contributed by atoms with Crippen LogP contribution in [0.1, 0.15) is 22.6 Å². The quantitative estimate of drug-likeness (QED) is 0.510. The second kappa shape index (κ2) is 9.95. The maximum Gasteiger partial charge on any atom is 0.243 e. The molecular weight excluding hydrogens is 476 g/mol. The first-order valence-electron chi connectivity index (χ1n) is 12.0. The molecule has 2 heterocycles. The lowest BCUT2D eigenvalue weighted by Crippen LogP contribution is -2.42. The van der Waals surface area contributed by atoms with Gasteiger partial charge in [0, 0.05) is 37.7 Å². The fourth-order valence-electron chi connectivity index (χ4n) is 5.32. The number of hydrogen-bond acceptors (Lipinski definition) is 5. The van der Waals surface area contributed by atoms with Gasteiger partial charge in [-0.05, 0) is 47.9 Å². The van der Waals surface area contributed by atoms with Gasteiger partial charge in [0.2, 0.25) is 15.9 Å². The van der Waals surface area contributed by atoms with Crippen molar-refractivity contribution in [2.45, 2.75) is 23.8 Å². The highest BCUT2D eigenvalue weighted by molar-refractivity contribution is 7.89. The Hall–Kier alpha value is -3.36.